The van der Waals surface area contributed by atoms with E-state index in [0.717, 1.165) is 5.56 Å². The van der Waals surface area contributed by atoms with Gasteiger partial charge in [0.15, 0.2) is 0 Å². The minimum atomic E-state index is -0.950. The molecule has 0 aliphatic rings. The quantitative estimate of drug-likeness (QED) is 0.714. The summed E-state index contributed by atoms with van der Waals surface area (Å²) in [4.78, 5) is 24.4. The van der Waals surface area contributed by atoms with Crippen molar-refractivity contribution in [1.29, 1.82) is 0 Å². The Hall–Kier alpha value is -2.08. The molecule has 6 heteroatoms. The fourth-order valence-corrected chi connectivity index (χ4v) is 1.85. The second-order valence-electron chi connectivity index (χ2n) is 4.56. The first-order valence-electron chi connectivity index (χ1n) is 6.94. The molecule has 0 fully saturated rings. The molecule has 1 aromatic carbocycles. The van der Waals surface area contributed by atoms with Gasteiger partial charge in [-0.15, -0.1) is 0 Å². The highest BCUT2D eigenvalue weighted by Crippen LogP contribution is 2.10. The second kappa shape index (κ2) is 8.97. The van der Waals surface area contributed by atoms with E-state index < -0.39 is 5.97 Å². The summed E-state index contributed by atoms with van der Waals surface area (Å²) in [6.45, 7) is 3.91. The van der Waals surface area contributed by atoms with Gasteiger partial charge in [0, 0.05) is 26.7 Å². The van der Waals surface area contributed by atoms with Crippen molar-refractivity contribution in [3.63, 3.8) is 0 Å². The van der Waals surface area contributed by atoms with Crippen LogP contribution < -0.4 is 5.32 Å². The Morgan fingerprint density at radius 3 is 2.71 bits per heavy atom. The summed E-state index contributed by atoms with van der Waals surface area (Å²) in [6.07, 6.45) is 0.498. The number of likely N-dealkylation sites (N-methyl/N-ethyl adjacent to an activating group) is 1. The maximum absolute atomic E-state index is 11.8. The summed E-state index contributed by atoms with van der Waals surface area (Å²) in [6, 6.07) is 6.63. The van der Waals surface area contributed by atoms with E-state index in [1.165, 1.54) is 4.90 Å². The number of urea groups is 1. The third-order valence-electron chi connectivity index (χ3n) is 3.04. The highest BCUT2D eigenvalue weighted by molar-refractivity contribution is 5.89. The number of ether oxygens (including phenoxy) is 1. The lowest BCUT2D eigenvalue weighted by atomic mass is 10.0. The number of carbonyl (C=O) groups is 2. The Labute approximate surface area is 124 Å². The normalized spacial score (nSPS) is 10.2. The first-order chi connectivity index (χ1) is 10.1. The number of aromatic carboxylic acids is 1. The summed E-state index contributed by atoms with van der Waals surface area (Å²) in [5, 5.41) is 11.8. The Morgan fingerprint density at radius 2 is 2.05 bits per heavy atom. The van der Waals surface area contributed by atoms with Crippen LogP contribution in [0.15, 0.2) is 24.3 Å². The zero-order valence-electron chi connectivity index (χ0n) is 12.5. The monoisotopic (exact) mass is 294 g/mol. The average Bonchev–Trinajstić information content (AvgIpc) is 2.49. The van der Waals surface area contributed by atoms with Crippen LogP contribution in [0.1, 0.15) is 22.8 Å². The Bertz CT molecular complexity index is 476. The van der Waals surface area contributed by atoms with Gasteiger partial charge in [0.2, 0.25) is 0 Å². The van der Waals surface area contributed by atoms with Crippen LogP contribution in [0.4, 0.5) is 4.79 Å². The third-order valence-corrected chi connectivity index (χ3v) is 3.04. The van der Waals surface area contributed by atoms with Gasteiger partial charge in [-0.25, -0.2) is 9.59 Å². The van der Waals surface area contributed by atoms with Crippen molar-refractivity contribution in [3.8, 4) is 0 Å². The van der Waals surface area contributed by atoms with Crippen LogP contribution in [0.3, 0.4) is 0 Å². The van der Waals surface area contributed by atoms with E-state index in [4.69, 9.17) is 9.84 Å². The van der Waals surface area contributed by atoms with Crippen LogP contribution in [0.25, 0.3) is 0 Å². The van der Waals surface area contributed by atoms with Crippen LogP contribution >= 0.6 is 0 Å². The summed E-state index contributed by atoms with van der Waals surface area (Å²) < 4.78 is 5.14. The molecule has 0 unspecified atom stereocenters. The van der Waals surface area contributed by atoms with Gasteiger partial charge in [-0.2, -0.15) is 0 Å². The summed E-state index contributed by atoms with van der Waals surface area (Å²) >= 11 is 0. The molecule has 0 saturated heterocycles. The van der Waals surface area contributed by atoms with E-state index in [2.05, 4.69) is 5.32 Å². The molecule has 0 radical (unpaired) electrons. The summed E-state index contributed by atoms with van der Waals surface area (Å²) in [5.41, 5.74) is 1.00. The number of hydrogen-bond donors (Lipinski definition) is 2. The summed E-state index contributed by atoms with van der Waals surface area (Å²) in [7, 11) is 1.68. The molecule has 0 aliphatic carbocycles. The van der Waals surface area contributed by atoms with Crippen LogP contribution in [0.5, 0.6) is 0 Å². The molecule has 0 aromatic heterocycles. The first-order valence-corrected chi connectivity index (χ1v) is 6.94. The molecule has 0 spiro atoms. The standard InChI is InChI=1S/C15H22N2O4/c1-3-21-11-9-16-15(20)17(2)10-8-12-6-4-5-7-13(12)14(18)19/h4-7H,3,8-11H2,1-2H3,(H,16,20)(H,18,19). The molecule has 2 N–H and O–H groups in total. The number of nitrogens with one attached hydrogen (secondary N) is 1. The molecule has 0 bridgehead atoms. The van der Waals surface area contributed by atoms with E-state index in [1.54, 1.807) is 31.3 Å². The van der Waals surface area contributed by atoms with E-state index in [-0.39, 0.29) is 11.6 Å². The van der Waals surface area contributed by atoms with Gasteiger partial charge in [0.1, 0.15) is 0 Å². The van der Waals surface area contributed by atoms with Gasteiger partial charge in [-0.1, -0.05) is 18.2 Å². The number of carboxylic acid groups (broad SMARTS) is 1. The molecule has 1 rings (SSSR count). The predicted octanol–water partition coefficient (Wildman–Crippen LogP) is 1.61. The van der Waals surface area contributed by atoms with Crippen LogP contribution in [-0.4, -0.2) is 55.4 Å². The van der Waals surface area contributed by atoms with E-state index >= 15 is 0 Å². The Kier molecular flexibility index (Phi) is 7.25. The highest BCUT2D eigenvalue weighted by Gasteiger charge is 2.12. The fourth-order valence-electron chi connectivity index (χ4n) is 1.85. The van der Waals surface area contributed by atoms with Gasteiger partial charge in [0.05, 0.1) is 12.2 Å². The Morgan fingerprint density at radius 1 is 1.33 bits per heavy atom. The molecule has 0 heterocycles. The number of carbonyl (C=O) groups excluding carboxylic acids is 1. The van der Waals surface area contributed by atoms with Crippen molar-refractivity contribution in [3.05, 3.63) is 35.4 Å². The number of rotatable bonds is 8. The maximum Gasteiger partial charge on any atom is 0.335 e. The third kappa shape index (κ3) is 5.83. The molecule has 6 nitrogen and oxygen atoms in total. The predicted molar refractivity (Wildman–Crippen MR) is 79.6 cm³/mol. The highest BCUT2D eigenvalue weighted by atomic mass is 16.5. The van der Waals surface area contributed by atoms with Gasteiger partial charge in [-0.3, -0.25) is 0 Å². The lowest BCUT2D eigenvalue weighted by Crippen LogP contribution is -2.39. The second-order valence-corrected chi connectivity index (χ2v) is 4.56. The van der Waals surface area contributed by atoms with Gasteiger partial charge >= 0.3 is 12.0 Å². The fraction of sp³-hybridized carbons (Fsp3) is 0.467. The van der Waals surface area contributed by atoms with Crippen molar-refractivity contribution in [2.75, 3.05) is 33.4 Å². The topological polar surface area (TPSA) is 78.9 Å². The minimum absolute atomic E-state index is 0.192. The van der Waals surface area contributed by atoms with E-state index in [1.807, 2.05) is 6.92 Å². The van der Waals surface area contributed by atoms with Gasteiger partial charge in [0.25, 0.3) is 0 Å². The number of hydrogen-bond acceptors (Lipinski definition) is 3. The molecule has 2 amide bonds. The number of amides is 2. The van der Waals surface area contributed by atoms with Gasteiger partial charge < -0.3 is 20.1 Å². The van der Waals surface area contributed by atoms with Crippen molar-refractivity contribution in [1.82, 2.24) is 10.2 Å². The molecule has 0 atom stereocenters. The molecular weight excluding hydrogens is 272 g/mol. The van der Waals surface area contributed by atoms with Crippen LogP contribution in [0.2, 0.25) is 0 Å². The van der Waals surface area contributed by atoms with Crippen molar-refractivity contribution < 1.29 is 19.4 Å². The van der Waals surface area contributed by atoms with Crippen molar-refractivity contribution in [2.24, 2.45) is 0 Å². The van der Waals surface area contributed by atoms with E-state index in [9.17, 15) is 9.59 Å². The Balaban J connectivity index is 2.44. The van der Waals surface area contributed by atoms with Crippen LogP contribution in [-0.2, 0) is 11.2 Å². The molecule has 0 saturated carbocycles. The zero-order valence-corrected chi connectivity index (χ0v) is 12.5. The first kappa shape index (κ1) is 17.0. The smallest absolute Gasteiger partial charge is 0.335 e. The summed E-state index contributed by atoms with van der Waals surface area (Å²) in [5.74, 6) is -0.950. The van der Waals surface area contributed by atoms with Crippen LogP contribution in [0, 0.1) is 0 Å². The van der Waals surface area contributed by atoms with Crippen molar-refractivity contribution >= 4 is 12.0 Å². The SMILES string of the molecule is CCOCCNC(=O)N(C)CCc1ccccc1C(=O)O. The number of carboxylic acids is 1. The van der Waals surface area contributed by atoms with E-state index in [0.29, 0.717) is 32.7 Å². The average molecular weight is 294 g/mol. The largest absolute Gasteiger partial charge is 0.478 e. The number of nitrogens with zero attached hydrogens (tertiary/aromatic N) is 1. The lowest BCUT2D eigenvalue weighted by Gasteiger charge is -2.18. The molecule has 116 valence electrons. The maximum atomic E-state index is 11.8. The lowest BCUT2D eigenvalue weighted by molar-refractivity contribution is 0.0695. The molecule has 21 heavy (non-hydrogen) atoms. The molecular formula is C15H22N2O4. The zero-order chi connectivity index (χ0) is 15.7. The van der Waals surface area contributed by atoms with Gasteiger partial charge in [-0.05, 0) is 25.0 Å². The van der Waals surface area contributed by atoms with Crippen molar-refractivity contribution in [2.45, 2.75) is 13.3 Å². The molecule has 0 aliphatic heterocycles. The number of benzene rings is 1. The minimum Gasteiger partial charge on any atom is -0.478 e. The molecule has 1 aromatic rings.